The number of furan rings is 1. The van der Waals surface area contributed by atoms with Crippen LogP contribution in [-0.4, -0.2) is 24.2 Å². The Morgan fingerprint density at radius 2 is 2.11 bits per heavy atom. The van der Waals surface area contributed by atoms with E-state index in [9.17, 15) is 4.79 Å². The SMILES string of the molecule is O=C(NCCO)c1ccc(Oc2ccccc2Cl)o1. The lowest BCUT2D eigenvalue weighted by atomic mass is 10.3. The molecular formula is C13H12ClNO4. The van der Waals surface area contributed by atoms with Crippen molar-refractivity contribution in [3.8, 4) is 11.7 Å². The van der Waals surface area contributed by atoms with Gasteiger partial charge in [-0.2, -0.15) is 0 Å². The molecule has 1 heterocycles. The summed E-state index contributed by atoms with van der Waals surface area (Å²) in [4.78, 5) is 11.5. The molecule has 1 amide bonds. The first kappa shape index (κ1) is 13.5. The number of rotatable bonds is 5. The molecule has 5 nitrogen and oxygen atoms in total. The van der Waals surface area contributed by atoms with E-state index in [2.05, 4.69) is 5.32 Å². The molecule has 0 aliphatic carbocycles. The zero-order valence-corrected chi connectivity index (χ0v) is 10.7. The van der Waals surface area contributed by atoms with E-state index in [0.29, 0.717) is 10.8 Å². The molecular weight excluding hydrogens is 270 g/mol. The molecule has 2 aromatic rings. The van der Waals surface area contributed by atoms with Gasteiger partial charge in [0, 0.05) is 12.6 Å². The summed E-state index contributed by atoms with van der Waals surface area (Å²) < 4.78 is 10.6. The van der Waals surface area contributed by atoms with Crippen molar-refractivity contribution < 1.29 is 19.1 Å². The summed E-state index contributed by atoms with van der Waals surface area (Å²) in [5.41, 5.74) is 0. The van der Waals surface area contributed by atoms with E-state index >= 15 is 0 Å². The second-order valence-electron chi connectivity index (χ2n) is 3.63. The molecule has 6 heteroatoms. The quantitative estimate of drug-likeness (QED) is 0.883. The van der Waals surface area contributed by atoms with Crippen molar-refractivity contribution in [1.29, 1.82) is 0 Å². The first-order chi connectivity index (χ1) is 9.20. The lowest BCUT2D eigenvalue weighted by Crippen LogP contribution is -2.25. The third-order valence-electron chi connectivity index (χ3n) is 2.25. The lowest BCUT2D eigenvalue weighted by Gasteiger charge is -2.03. The largest absolute Gasteiger partial charge is 0.424 e. The Hall–Kier alpha value is -1.98. The number of carbonyl (C=O) groups is 1. The summed E-state index contributed by atoms with van der Waals surface area (Å²) in [6.07, 6.45) is 0. The molecule has 0 bridgehead atoms. The highest BCUT2D eigenvalue weighted by molar-refractivity contribution is 6.32. The number of benzene rings is 1. The maximum absolute atomic E-state index is 11.5. The molecule has 0 aliphatic rings. The molecule has 1 aromatic heterocycles. The van der Waals surface area contributed by atoms with E-state index in [1.807, 2.05) is 0 Å². The zero-order valence-electron chi connectivity index (χ0n) is 9.93. The minimum absolute atomic E-state index is 0.107. The maximum Gasteiger partial charge on any atom is 0.290 e. The maximum atomic E-state index is 11.5. The Kier molecular flexibility index (Phi) is 4.43. The van der Waals surface area contributed by atoms with Crippen LogP contribution in [0.4, 0.5) is 0 Å². The van der Waals surface area contributed by atoms with Crippen LogP contribution in [0.1, 0.15) is 10.6 Å². The van der Waals surface area contributed by atoms with E-state index in [4.69, 9.17) is 25.9 Å². The van der Waals surface area contributed by atoms with Gasteiger partial charge in [-0.3, -0.25) is 4.79 Å². The average Bonchev–Trinajstić information content (AvgIpc) is 2.87. The molecule has 0 saturated carbocycles. The molecule has 2 N–H and O–H groups in total. The van der Waals surface area contributed by atoms with Gasteiger partial charge in [-0.15, -0.1) is 0 Å². The first-order valence-corrected chi connectivity index (χ1v) is 6.00. The van der Waals surface area contributed by atoms with Crippen LogP contribution in [0.25, 0.3) is 0 Å². The summed E-state index contributed by atoms with van der Waals surface area (Å²) in [7, 11) is 0. The molecule has 19 heavy (non-hydrogen) atoms. The lowest BCUT2D eigenvalue weighted by molar-refractivity contribution is 0.0912. The molecule has 0 saturated heterocycles. The second-order valence-corrected chi connectivity index (χ2v) is 4.04. The van der Waals surface area contributed by atoms with Gasteiger partial charge in [-0.1, -0.05) is 23.7 Å². The number of hydrogen-bond acceptors (Lipinski definition) is 4. The zero-order chi connectivity index (χ0) is 13.7. The van der Waals surface area contributed by atoms with E-state index in [1.54, 1.807) is 24.3 Å². The van der Waals surface area contributed by atoms with E-state index < -0.39 is 5.91 Å². The topological polar surface area (TPSA) is 71.7 Å². The van der Waals surface area contributed by atoms with E-state index in [-0.39, 0.29) is 24.9 Å². The number of hydrogen-bond donors (Lipinski definition) is 2. The fourth-order valence-corrected chi connectivity index (χ4v) is 1.56. The van der Waals surface area contributed by atoms with E-state index in [1.165, 1.54) is 12.1 Å². The summed E-state index contributed by atoms with van der Waals surface area (Å²) in [6, 6.07) is 9.95. The molecule has 0 unspecified atom stereocenters. The predicted molar refractivity (Wildman–Crippen MR) is 69.7 cm³/mol. The van der Waals surface area contributed by atoms with Crippen molar-refractivity contribution in [1.82, 2.24) is 5.32 Å². The summed E-state index contributed by atoms with van der Waals surface area (Å²) in [5.74, 6) is 0.307. The van der Waals surface area contributed by atoms with Gasteiger partial charge in [0.2, 0.25) is 0 Å². The number of aliphatic hydroxyl groups is 1. The summed E-state index contributed by atoms with van der Waals surface area (Å²) in [5, 5.41) is 11.5. The van der Waals surface area contributed by atoms with Crippen LogP contribution in [0, 0.1) is 0 Å². The number of amides is 1. The monoisotopic (exact) mass is 281 g/mol. The van der Waals surface area contributed by atoms with Crippen molar-refractivity contribution >= 4 is 17.5 Å². The Bertz CT molecular complexity index is 567. The molecule has 0 atom stereocenters. The number of halogens is 1. The number of carbonyl (C=O) groups excluding carboxylic acids is 1. The van der Waals surface area contributed by atoms with Crippen LogP contribution in [0.15, 0.2) is 40.8 Å². The van der Waals surface area contributed by atoms with Crippen LogP contribution in [0.5, 0.6) is 11.7 Å². The fraction of sp³-hybridized carbons (Fsp3) is 0.154. The number of para-hydroxylation sites is 1. The van der Waals surface area contributed by atoms with Gasteiger partial charge < -0.3 is 19.6 Å². The van der Waals surface area contributed by atoms with Gasteiger partial charge in [0.15, 0.2) is 5.76 Å². The Balaban J connectivity index is 2.05. The van der Waals surface area contributed by atoms with Crippen LogP contribution < -0.4 is 10.1 Å². The van der Waals surface area contributed by atoms with Crippen molar-refractivity contribution in [2.45, 2.75) is 0 Å². The van der Waals surface area contributed by atoms with Gasteiger partial charge >= 0.3 is 0 Å². The van der Waals surface area contributed by atoms with Crippen molar-refractivity contribution in [2.24, 2.45) is 0 Å². The Morgan fingerprint density at radius 1 is 1.32 bits per heavy atom. The number of ether oxygens (including phenoxy) is 1. The third kappa shape index (κ3) is 3.49. The van der Waals surface area contributed by atoms with Crippen LogP contribution in [-0.2, 0) is 0 Å². The average molecular weight is 282 g/mol. The highest BCUT2D eigenvalue weighted by atomic mass is 35.5. The third-order valence-corrected chi connectivity index (χ3v) is 2.56. The molecule has 100 valence electrons. The molecule has 0 aliphatic heterocycles. The fourth-order valence-electron chi connectivity index (χ4n) is 1.39. The normalized spacial score (nSPS) is 10.2. The first-order valence-electron chi connectivity index (χ1n) is 5.62. The minimum atomic E-state index is -0.414. The molecule has 2 rings (SSSR count). The minimum Gasteiger partial charge on any atom is -0.424 e. The van der Waals surface area contributed by atoms with Gasteiger partial charge in [0.25, 0.3) is 11.9 Å². The molecule has 1 aromatic carbocycles. The van der Waals surface area contributed by atoms with Gasteiger partial charge in [0.05, 0.1) is 11.6 Å². The van der Waals surface area contributed by atoms with E-state index in [0.717, 1.165) is 0 Å². The smallest absolute Gasteiger partial charge is 0.290 e. The van der Waals surface area contributed by atoms with Crippen LogP contribution in [0.3, 0.4) is 0 Å². The molecule has 0 radical (unpaired) electrons. The number of aliphatic hydroxyl groups excluding tert-OH is 1. The van der Waals surface area contributed by atoms with Gasteiger partial charge in [0.1, 0.15) is 5.75 Å². The van der Waals surface area contributed by atoms with Crippen molar-refractivity contribution in [3.05, 3.63) is 47.2 Å². The number of nitrogens with one attached hydrogen (secondary N) is 1. The van der Waals surface area contributed by atoms with Gasteiger partial charge in [-0.05, 0) is 18.2 Å². The summed E-state index contributed by atoms with van der Waals surface area (Å²) >= 11 is 5.94. The van der Waals surface area contributed by atoms with Crippen molar-refractivity contribution in [2.75, 3.05) is 13.2 Å². The van der Waals surface area contributed by atoms with Crippen molar-refractivity contribution in [3.63, 3.8) is 0 Å². The van der Waals surface area contributed by atoms with Crippen LogP contribution in [0.2, 0.25) is 5.02 Å². The van der Waals surface area contributed by atoms with Gasteiger partial charge in [-0.25, -0.2) is 0 Å². The Morgan fingerprint density at radius 3 is 2.84 bits per heavy atom. The highest BCUT2D eigenvalue weighted by Crippen LogP contribution is 2.29. The second kappa shape index (κ2) is 6.26. The summed E-state index contributed by atoms with van der Waals surface area (Å²) in [6.45, 7) is 0.0374. The Labute approximate surface area is 114 Å². The standard InChI is InChI=1S/C13H12ClNO4/c14-9-3-1-2-4-10(9)18-12-6-5-11(19-12)13(17)15-7-8-16/h1-6,16H,7-8H2,(H,15,17). The van der Waals surface area contributed by atoms with Crippen LogP contribution >= 0.6 is 11.6 Å². The molecule has 0 fully saturated rings. The highest BCUT2D eigenvalue weighted by Gasteiger charge is 2.12. The predicted octanol–water partition coefficient (Wildman–Crippen LogP) is 2.45. The molecule has 0 spiro atoms.